The van der Waals surface area contributed by atoms with Gasteiger partial charge in [-0.25, -0.2) is 4.39 Å². The number of nitro groups is 1. The molecule has 0 saturated heterocycles. The first-order chi connectivity index (χ1) is 7.06. The predicted octanol–water partition coefficient (Wildman–Crippen LogP) is 1.18. The minimum Gasteiger partial charge on any atom is -0.320 e. The van der Waals surface area contributed by atoms with Crippen molar-refractivity contribution in [3.63, 3.8) is 0 Å². The molecule has 0 radical (unpaired) electrons. The van der Waals surface area contributed by atoms with Gasteiger partial charge in [0.05, 0.1) is 17.0 Å². The molecule has 0 unspecified atom stereocenters. The topological polar surface area (TPSA) is 69.2 Å². The summed E-state index contributed by atoms with van der Waals surface area (Å²) in [6.07, 6.45) is 0. The Labute approximate surface area is 83.8 Å². The molecule has 0 aliphatic carbocycles. The summed E-state index contributed by atoms with van der Waals surface area (Å²) in [5.41, 5.74) is 4.00. The molecule has 0 aliphatic heterocycles. The van der Waals surface area contributed by atoms with Crippen LogP contribution in [0.4, 0.5) is 14.5 Å². The first-order valence-corrected chi connectivity index (χ1v) is 3.88. The summed E-state index contributed by atoms with van der Waals surface area (Å²) in [5, 5.41) is 10.3. The van der Waals surface area contributed by atoms with Crippen molar-refractivity contribution in [2.24, 2.45) is 5.73 Å². The molecule has 0 bridgehead atoms. The van der Waals surface area contributed by atoms with E-state index in [1.807, 2.05) is 0 Å². The van der Waals surface area contributed by atoms with Crippen molar-refractivity contribution in [3.8, 4) is 11.8 Å². The first kappa shape index (κ1) is 11.1. The fourth-order valence-corrected chi connectivity index (χ4v) is 0.920. The van der Waals surface area contributed by atoms with E-state index < -0.39 is 22.2 Å². The van der Waals surface area contributed by atoms with Crippen LogP contribution in [0, 0.1) is 33.6 Å². The number of hydrogen-bond acceptors (Lipinski definition) is 3. The quantitative estimate of drug-likeness (QED) is 0.431. The van der Waals surface area contributed by atoms with E-state index in [1.165, 1.54) is 0 Å². The van der Waals surface area contributed by atoms with Gasteiger partial charge < -0.3 is 5.73 Å². The number of rotatable bonds is 1. The molecular formula is C9H6F2N2O2. The molecule has 0 aliphatic rings. The van der Waals surface area contributed by atoms with Crippen molar-refractivity contribution >= 4 is 5.69 Å². The Bertz CT molecular complexity index is 463. The van der Waals surface area contributed by atoms with E-state index in [0.29, 0.717) is 6.07 Å². The number of hydrogen-bond donors (Lipinski definition) is 1. The maximum absolute atomic E-state index is 13.0. The lowest BCUT2D eigenvalue weighted by molar-refractivity contribution is -0.387. The van der Waals surface area contributed by atoms with Gasteiger partial charge in [-0.1, -0.05) is 11.8 Å². The van der Waals surface area contributed by atoms with Crippen LogP contribution in [0.2, 0.25) is 0 Å². The van der Waals surface area contributed by atoms with Crippen molar-refractivity contribution in [2.75, 3.05) is 6.54 Å². The van der Waals surface area contributed by atoms with Crippen molar-refractivity contribution < 1.29 is 13.7 Å². The van der Waals surface area contributed by atoms with E-state index in [4.69, 9.17) is 5.73 Å². The van der Waals surface area contributed by atoms with Gasteiger partial charge in [-0.15, -0.1) is 0 Å². The SMILES string of the molecule is NCC#Cc1cc([N+](=O)[O-])c(F)cc1F. The third-order valence-electron chi connectivity index (χ3n) is 1.56. The fourth-order valence-electron chi connectivity index (χ4n) is 0.920. The summed E-state index contributed by atoms with van der Waals surface area (Å²) in [6.45, 7) is -0.00931. The summed E-state index contributed by atoms with van der Waals surface area (Å²) in [6, 6.07) is 1.17. The van der Waals surface area contributed by atoms with Gasteiger partial charge in [0, 0.05) is 12.1 Å². The third kappa shape index (κ3) is 2.48. The van der Waals surface area contributed by atoms with Crippen LogP contribution in [-0.4, -0.2) is 11.5 Å². The summed E-state index contributed by atoms with van der Waals surface area (Å²) in [5.74, 6) is 2.43. The maximum atomic E-state index is 13.0. The van der Waals surface area contributed by atoms with Crippen LogP contribution in [0.3, 0.4) is 0 Å². The normalized spacial score (nSPS) is 9.27. The van der Waals surface area contributed by atoms with E-state index in [0.717, 1.165) is 6.07 Å². The minimum absolute atomic E-state index is 0.00931. The van der Waals surface area contributed by atoms with E-state index in [9.17, 15) is 18.9 Å². The van der Waals surface area contributed by atoms with E-state index in [-0.39, 0.29) is 12.1 Å². The zero-order valence-corrected chi connectivity index (χ0v) is 7.46. The fraction of sp³-hybridized carbons (Fsp3) is 0.111. The van der Waals surface area contributed by atoms with Gasteiger partial charge in [0.1, 0.15) is 5.82 Å². The second kappa shape index (κ2) is 4.48. The van der Waals surface area contributed by atoms with Gasteiger partial charge in [0.2, 0.25) is 5.82 Å². The van der Waals surface area contributed by atoms with Gasteiger partial charge in [0.25, 0.3) is 0 Å². The van der Waals surface area contributed by atoms with Crippen LogP contribution in [0.15, 0.2) is 12.1 Å². The lowest BCUT2D eigenvalue weighted by Crippen LogP contribution is -1.97. The van der Waals surface area contributed by atoms with Crippen LogP contribution in [0.1, 0.15) is 5.56 Å². The third-order valence-corrected chi connectivity index (χ3v) is 1.56. The standard InChI is InChI=1S/C9H6F2N2O2/c10-7-5-8(11)9(13(14)15)4-6(7)2-1-3-12/h4-5H,3,12H2. The Morgan fingerprint density at radius 1 is 1.40 bits per heavy atom. The highest BCUT2D eigenvalue weighted by Gasteiger charge is 2.17. The van der Waals surface area contributed by atoms with Gasteiger partial charge in [0.15, 0.2) is 0 Å². The highest BCUT2D eigenvalue weighted by molar-refractivity contribution is 5.45. The molecule has 78 valence electrons. The Morgan fingerprint density at radius 2 is 2.07 bits per heavy atom. The summed E-state index contributed by atoms with van der Waals surface area (Å²) in [4.78, 5) is 9.39. The van der Waals surface area contributed by atoms with Gasteiger partial charge >= 0.3 is 5.69 Å². The molecule has 6 heteroatoms. The Morgan fingerprint density at radius 3 is 2.60 bits per heavy atom. The zero-order chi connectivity index (χ0) is 11.4. The largest absolute Gasteiger partial charge is 0.320 e. The molecule has 0 spiro atoms. The van der Waals surface area contributed by atoms with Gasteiger partial charge in [-0.3, -0.25) is 10.1 Å². The van der Waals surface area contributed by atoms with Crippen LogP contribution in [0.5, 0.6) is 0 Å². The summed E-state index contributed by atoms with van der Waals surface area (Å²) in [7, 11) is 0. The van der Waals surface area contributed by atoms with E-state index >= 15 is 0 Å². The molecule has 0 atom stereocenters. The molecule has 1 rings (SSSR count). The number of nitro benzene ring substituents is 1. The number of benzene rings is 1. The molecule has 15 heavy (non-hydrogen) atoms. The maximum Gasteiger partial charge on any atom is 0.306 e. The minimum atomic E-state index is -1.23. The molecular weight excluding hydrogens is 206 g/mol. The highest BCUT2D eigenvalue weighted by Crippen LogP contribution is 2.20. The number of nitrogens with two attached hydrogens (primary N) is 1. The molecule has 1 aromatic carbocycles. The van der Waals surface area contributed by atoms with Crippen LogP contribution in [-0.2, 0) is 0 Å². The molecule has 0 fully saturated rings. The van der Waals surface area contributed by atoms with Gasteiger partial charge in [-0.2, -0.15) is 4.39 Å². The molecule has 4 nitrogen and oxygen atoms in total. The monoisotopic (exact) mass is 212 g/mol. The second-order valence-electron chi connectivity index (χ2n) is 2.55. The van der Waals surface area contributed by atoms with Crippen molar-refractivity contribution in [3.05, 3.63) is 39.4 Å². The van der Waals surface area contributed by atoms with Crippen LogP contribution >= 0.6 is 0 Å². The van der Waals surface area contributed by atoms with Gasteiger partial charge in [-0.05, 0) is 0 Å². The van der Waals surface area contributed by atoms with E-state index in [2.05, 4.69) is 11.8 Å². The van der Waals surface area contributed by atoms with Crippen molar-refractivity contribution in [2.45, 2.75) is 0 Å². The molecule has 0 amide bonds. The molecule has 0 aromatic heterocycles. The first-order valence-electron chi connectivity index (χ1n) is 3.88. The molecule has 0 heterocycles. The van der Waals surface area contributed by atoms with Crippen molar-refractivity contribution in [1.82, 2.24) is 0 Å². The average molecular weight is 212 g/mol. The predicted molar refractivity (Wildman–Crippen MR) is 48.9 cm³/mol. The van der Waals surface area contributed by atoms with Crippen LogP contribution in [0.25, 0.3) is 0 Å². The lowest BCUT2D eigenvalue weighted by atomic mass is 10.2. The second-order valence-corrected chi connectivity index (χ2v) is 2.55. The number of halogens is 2. The highest BCUT2D eigenvalue weighted by atomic mass is 19.1. The Kier molecular flexibility index (Phi) is 3.31. The Hall–Kier alpha value is -2.00. The molecule has 1 aromatic rings. The Balaban J connectivity index is 3.29. The lowest BCUT2D eigenvalue weighted by Gasteiger charge is -1.96. The number of nitrogens with zero attached hydrogens (tertiary/aromatic N) is 1. The van der Waals surface area contributed by atoms with Crippen molar-refractivity contribution in [1.29, 1.82) is 0 Å². The average Bonchev–Trinajstić information content (AvgIpc) is 2.16. The summed E-state index contributed by atoms with van der Waals surface area (Å²) < 4.78 is 25.9. The smallest absolute Gasteiger partial charge is 0.306 e. The summed E-state index contributed by atoms with van der Waals surface area (Å²) >= 11 is 0. The van der Waals surface area contributed by atoms with Crippen LogP contribution < -0.4 is 5.73 Å². The molecule has 0 saturated carbocycles. The van der Waals surface area contributed by atoms with E-state index in [1.54, 1.807) is 0 Å². The zero-order valence-electron chi connectivity index (χ0n) is 7.46. The molecule has 2 N–H and O–H groups in total.